The minimum absolute atomic E-state index is 0.0249. The second-order valence-electron chi connectivity index (χ2n) is 4.49. The van der Waals surface area contributed by atoms with Crippen LogP contribution < -0.4 is 14.8 Å². The smallest absolute Gasteiger partial charge is 0.358 e. The molecule has 120 valence electrons. The Morgan fingerprint density at radius 1 is 1.26 bits per heavy atom. The lowest BCUT2D eigenvalue weighted by Gasteiger charge is -2.09. The zero-order valence-corrected chi connectivity index (χ0v) is 12.7. The highest BCUT2D eigenvalue weighted by molar-refractivity contribution is 6.04. The van der Waals surface area contributed by atoms with Crippen LogP contribution in [0.4, 0.5) is 5.69 Å². The highest BCUT2D eigenvalue weighted by atomic mass is 16.5. The van der Waals surface area contributed by atoms with E-state index in [4.69, 9.17) is 14.6 Å². The Labute approximate surface area is 132 Å². The molecule has 0 saturated heterocycles. The Bertz CT molecular complexity index is 713. The van der Waals surface area contributed by atoms with E-state index in [2.05, 4.69) is 10.3 Å². The Kier molecular flexibility index (Phi) is 5.14. The van der Waals surface area contributed by atoms with Crippen LogP contribution in [-0.4, -0.2) is 35.7 Å². The van der Waals surface area contributed by atoms with Gasteiger partial charge in [0.05, 0.1) is 19.3 Å². The van der Waals surface area contributed by atoms with Crippen LogP contribution >= 0.6 is 0 Å². The highest BCUT2D eigenvalue weighted by Gasteiger charge is 2.16. The number of nitrogens with zero attached hydrogens (tertiary/aromatic N) is 1. The van der Waals surface area contributed by atoms with E-state index in [0.29, 0.717) is 18.0 Å². The molecule has 7 heteroatoms. The molecule has 0 bridgehead atoms. The van der Waals surface area contributed by atoms with Gasteiger partial charge in [-0.2, -0.15) is 0 Å². The third-order valence-electron chi connectivity index (χ3n) is 2.96. The number of rotatable bonds is 6. The van der Waals surface area contributed by atoms with Crippen LogP contribution in [-0.2, 0) is 0 Å². The van der Waals surface area contributed by atoms with Crippen molar-refractivity contribution in [2.24, 2.45) is 0 Å². The fraction of sp³-hybridized carbons (Fsp3) is 0.188. The summed E-state index contributed by atoms with van der Waals surface area (Å²) in [5, 5.41) is 11.7. The standard InChI is InChI=1S/C16H16N2O5/c1-3-23-12-6-4-11(5-7-12)18-15(19)10-8-13(22-2)14(16(20)21)17-9-10/h4-9H,3H2,1-2H3,(H,18,19)(H,20,21). The molecule has 0 aliphatic rings. The zero-order valence-electron chi connectivity index (χ0n) is 12.7. The molecule has 1 amide bonds. The van der Waals surface area contributed by atoms with E-state index in [0.717, 1.165) is 0 Å². The lowest BCUT2D eigenvalue weighted by atomic mass is 10.2. The van der Waals surface area contributed by atoms with E-state index in [1.54, 1.807) is 24.3 Å². The van der Waals surface area contributed by atoms with Gasteiger partial charge in [-0.05, 0) is 37.3 Å². The maximum absolute atomic E-state index is 12.2. The number of carbonyl (C=O) groups is 2. The number of benzene rings is 1. The minimum Gasteiger partial charge on any atom is -0.494 e. The topological polar surface area (TPSA) is 97.8 Å². The van der Waals surface area contributed by atoms with Crippen molar-refractivity contribution in [3.63, 3.8) is 0 Å². The molecule has 0 aliphatic heterocycles. The van der Waals surface area contributed by atoms with E-state index >= 15 is 0 Å². The van der Waals surface area contributed by atoms with Gasteiger partial charge in [0.25, 0.3) is 5.91 Å². The van der Waals surface area contributed by atoms with Crippen molar-refractivity contribution in [3.8, 4) is 11.5 Å². The third-order valence-corrected chi connectivity index (χ3v) is 2.96. The molecule has 0 atom stereocenters. The number of carboxylic acid groups (broad SMARTS) is 1. The SMILES string of the molecule is CCOc1ccc(NC(=O)c2cnc(C(=O)O)c(OC)c2)cc1. The van der Waals surface area contributed by atoms with Crippen LogP contribution in [0.3, 0.4) is 0 Å². The average Bonchev–Trinajstić information content (AvgIpc) is 2.56. The number of amides is 1. The molecule has 2 aromatic rings. The Morgan fingerprint density at radius 2 is 1.96 bits per heavy atom. The number of carbonyl (C=O) groups excluding carboxylic acids is 1. The number of aromatic carboxylic acids is 1. The van der Waals surface area contributed by atoms with Crippen molar-refractivity contribution in [1.29, 1.82) is 0 Å². The van der Waals surface area contributed by atoms with E-state index < -0.39 is 11.9 Å². The number of hydrogen-bond donors (Lipinski definition) is 2. The fourth-order valence-electron chi connectivity index (χ4n) is 1.89. The summed E-state index contributed by atoms with van der Waals surface area (Å²) < 4.78 is 10.3. The molecular weight excluding hydrogens is 300 g/mol. The van der Waals surface area contributed by atoms with Gasteiger partial charge in [-0.15, -0.1) is 0 Å². The normalized spacial score (nSPS) is 10.0. The number of methoxy groups -OCH3 is 1. The summed E-state index contributed by atoms with van der Waals surface area (Å²) >= 11 is 0. The number of anilines is 1. The third kappa shape index (κ3) is 3.97. The first-order chi connectivity index (χ1) is 11.0. The van der Waals surface area contributed by atoms with Crippen LogP contribution in [0.25, 0.3) is 0 Å². The lowest BCUT2D eigenvalue weighted by Crippen LogP contribution is -2.14. The molecule has 1 aromatic heterocycles. The number of hydrogen-bond acceptors (Lipinski definition) is 5. The number of carboxylic acids is 1. The first-order valence-corrected chi connectivity index (χ1v) is 6.86. The summed E-state index contributed by atoms with van der Waals surface area (Å²) in [6.45, 7) is 2.45. The van der Waals surface area contributed by atoms with Gasteiger partial charge < -0.3 is 19.9 Å². The van der Waals surface area contributed by atoms with Gasteiger partial charge in [0.1, 0.15) is 5.75 Å². The van der Waals surface area contributed by atoms with Crippen molar-refractivity contribution >= 4 is 17.6 Å². The molecule has 0 spiro atoms. The van der Waals surface area contributed by atoms with E-state index in [-0.39, 0.29) is 17.0 Å². The number of pyridine rings is 1. The Balaban J connectivity index is 2.15. The number of aromatic nitrogens is 1. The minimum atomic E-state index is -1.22. The molecule has 7 nitrogen and oxygen atoms in total. The predicted molar refractivity (Wildman–Crippen MR) is 83.3 cm³/mol. The van der Waals surface area contributed by atoms with Gasteiger partial charge in [0.15, 0.2) is 11.4 Å². The molecule has 1 aromatic carbocycles. The maximum Gasteiger partial charge on any atom is 0.358 e. The number of nitrogens with one attached hydrogen (secondary N) is 1. The first-order valence-electron chi connectivity index (χ1n) is 6.86. The molecule has 2 N–H and O–H groups in total. The molecule has 1 heterocycles. The summed E-state index contributed by atoms with van der Waals surface area (Å²) in [6.07, 6.45) is 1.19. The van der Waals surface area contributed by atoms with Crippen LogP contribution in [0.15, 0.2) is 36.5 Å². The van der Waals surface area contributed by atoms with Gasteiger partial charge in [-0.1, -0.05) is 0 Å². The van der Waals surface area contributed by atoms with Crippen LogP contribution in [0.1, 0.15) is 27.8 Å². The summed E-state index contributed by atoms with van der Waals surface area (Å²) in [4.78, 5) is 26.9. The predicted octanol–water partition coefficient (Wildman–Crippen LogP) is 2.44. The van der Waals surface area contributed by atoms with Crippen LogP contribution in [0.2, 0.25) is 0 Å². The molecule has 0 fully saturated rings. The van der Waals surface area contributed by atoms with Gasteiger partial charge in [0.2, 0.25) is 0 Å². The van der Waals surface area contributed by atoms with E-state index in [1.165, 1.54) is 19.4 Å². The molecular formula is C16H16N2O5. The second-order valence-corrected chi connectivity index (χ2v) is 4.49. The van der Waals surface area contributed by atoms with Crippen LogP contribution in [0.5, 0.6) is 11.5 Å². The van der Waals surface area contributed by atoms with Gasteiger partial charge >= 0.3 is 5.97 Å². The van der Waals surface area contributed by atoms with Crippen LogP contribution in [0, 0.1) is 0 Å². The van der Waals surface area contributed by atoms with Gasteiger partial charge in [-0.25, -0.2) is 9.78 Å². The zero-order chi connectivity index (χ0) is 16.8. The summed E-state index contributed by atoms with van der Waals surface area (Å²) in [6, 6.07) is 8.23. The molecule has 2 rings (SSSR count). The quantitative estimate of drug-likeness (QED) is 0.849. The largest absolute Gasteiger partial charge is 0.494 e. The fourth-order valence-corrected chi connectivity index (χ4v) is 1.89. The second kappa shape index (κ2) is 7.26. The van der Waals surface area contributed by atoms with Gasteiger partial charge in [0, 0.05) is 11.9 Å². The van der Waals surface area contributed by atoms with E-state index in [9.17, 15) is 9.59 Å². The van der Waals surface area contributed by atoms with Crippen molar-refractivity contribution in [3.05, 3.63) is 47.8 Å². The molecule has 0 radical (unpaired) electrons. The molecule has 0 unspecified atom stereocenters. The van der Waals surface area contributed by atoms with Crippen molar-refractivity contribution < 1.29 is 24.2 Å². The molecule has 23 heavy (non-hydrogen) atoms. The van der Waals surface area contributed by atoms with Crippen molar-refractivity contribution in [2.45, 2.75) is 6.92 Å². The monoisotopic (exact) mass is 316 g/mol. The molecule has 0 saturated carbocycles. The summed E-state index contributed by atoms with van der Waals surface area (Å²) in [7, 11) is 1.32. The van der Waals surface area contributed by atoms with Crippen molar-refractivity contribution in [2.75, 3.05) is 19.0 Å². The highest BCUT2D eigenvalue weighted by Crippen LogP contribution is 2.20. The van der Waals surface area contributed by atoms with Crippen molar-refractivity contribution in [1.82, 2.24) is 4.98 Å². The number of ether oxygens (including phenoxy) is 2. The average molecular weight is 316 g/mol. The first kappa shape index (κ1) is 16.3. The molecule has 0 aliphatic carbocycles. The Hall–Kier alpha value is -3.09. The van der Waals surface area contributed by atoms with Gasteiger partial charge in [-0.3, -0.25) is 4.79 Å². The van der Waals surface area contributed by atoms with E-state index in [1.807, 2.05) is 6.92 Å². The summed E-state index contributed by atoms with van der Waals surface area (Å²) in [5.41, 5.74) is 0.533. The summed E-state index contributed by atoms with van der Waals surface area (Å²) in [5.74, 6) is -0.909. The Morgan fingerprint density at radius 3 is 2.52 bits per heavy atom. The lowest BCUT2D eigenvalue weighted by molar-refractivity contribution is 0.0686. The maximum atomic E-state index is 12.2.